The van der Waals surface area contributed by atoms with Crippen molar-refractivity contribution in [2.75, 3.05) is 0 Å². The second kappa shape index (κ2) is 18.2. The molecule has 0 bridgehead atoms. The highest BCUT2D eigenvalue weighted by Gasteiger charge is 2.22. The highest BCUT2D eigenvalue weighted by atomic mass is 16.3. The van der Waals surface area contributed by atoms with Gasteiger partial charge in [0.25, 0.3) is 0 Å². The first-order valence-electron chi connectivity index (χ1n) is 25.9. The van der Waals surface area contributed by atoms with Gasteiger partial charge in [0.15, 0.2) is 23.1 Å². The summed E-state index contributed by atoms with van der Waals surface area (Å²) in [5.41, 5.74) is 18.5. The second-order valence-corrected chi connectivity index (χ2v) is 19.4. The molecule has 0 fully saturated rings. The molecule has 0 saturated heterocycles. The highest BCUT2D eigenvalue weighted by Crippen LogP contribution is 2.43. The zero-order chi connectivity index (χ0) is 50.8. The molecule has 15 aromatic rings. The normalized spacial score (nSPS) is 11.6. The summed E-state index contributed by atoms with van der Waals surface area (Å²) in [5, 5.41) is 4.72. The van der Waals surface area contributed by atoms with E-state index >= 15 is 0 Å². The van der Waals surface area contributed by atoms with E-state index < -0.39 is 0 Å². The zero-order valence-corrected chi connectivity index (χ0v) is 41.5. The van der Waals surface area contributed by atoms with E-state index in [9.17, 15) is 0 Å². The predicted molar refractivity (Wildman–Crippen MR) is 314 cm³/mol. The van der Waals surface area contributed by atoms with Crippen LogP contribution in [0.1, 0.15) is 0 Å². The number of para-hydroxylation sites is 3. The lowest BCUT2D eigenvalue weighted by Gasteiger charge is -2.14. The number of oxazole rings is 1. The van der Waals surface area contributed by atoms with E-state index in [0.717, 1.165) is 100 Å². The second-order valence-electron chi connectivity index (χ2n) is 19.4. The molecular formula is C70H44N6O. The molecule has 7 nitrogen and oxygen atoms in total. The van der Waals surface area contributed by atoms with Crippen molar-refractivity contribution in [3.05, 3.63) is 267 Å². The maximum atomic E-state index is 6.47. The van der Waals surface area contributed by atoms with Crippen LogP contribution in [0, 0.1) is 0 Å². The van der Waals surface area contributed by atoms with Crippen molar-refractivity contribution in [2.24, 2.45) is 0 Å². The van der Waals surface area contributed by atoms with Crippen molar-refractivity contribution in [1.82, 2.24) is 29.1 Å². The molecule has 4 aromatic heterocycles. The molecule has 11 aromatic carbocycles. The summed E-state index contributed by atoms with van der Waals surface area (Å²) in [4.78, 5) is 20.3. The molecule has 0 aliphatic rings. The van der Waals surface area contributed by atoms with Crippen molar-refractivity contribution in [3.8, 4) is 90.4 Å². The van der Waals surface area contributed by atoms with E-state index in [0.29, 0.717) is 23.4 Å². The monoisotopic (exact) mass is 984 g/mol. The SMILES string of the molecule is c1ccc(-c2ccc(-c3nc(-c4ccc(-c5ccccc5)cc4)nc(-c4ccc(-n5c6ccccc6c6ccc7c8ccccc8n(-c8ccc(-c9cccc%10nc(-c%11ccccc%11)oc9%10)cc8)c7c65)cc4)n3)cc2)cc1. The Bertz CT molecular complexity index is 4580. The van der Waals surface area contributed by atoms with Crippen LogP contribution in [0.15, 0.2) is 271 Å². The minimum atomic E-state index is 0.597. The Balaban J connectivity index is 0.857. The highest BCUT2D eigenvalue weighted by molar-refractivity contribution is 6.23. The summed E-state index contributed by atoms with van der Waals surface area (Å²) in [6.07, 6.45) is 0. The topological polar surface area (TPSA) is 74.6 Å². The summed E-state index contributed by atoms with van der Waals surface area (Å²) in [5.74, 6) is 2.43. The molecule has 0 saturated carbocycles. The van der Waals surface area contributed by atoms with Gasteiger partial charge in [0, 0.05) is 60.7 Å². The lowest BCUT2D eigenvalue weighted by Crippen LogP contribution is -2.01. The molecule has 360 valence electrons. The Labute approximate surface area is 443 Å². The summed E-state index contributed by atoms with van der Waals surface area (Å²) < 4.78 is 11.3. The van der Waals surface area contributed by atoms with E-state index in [1.165, 1.54) is 21.5 Å². The van der Waals surface area contributed by atoms with Gasteiger partial charge in [0.2, 0.25) is 5.89 Å². The molecule has 77 heavy (non-hydrogen) atoms. The molecule has 4 heterocycles. The number of hydrogen-bond donors (Lipinski definition) is 0. The van der Waals surface area contributed by atoms with Crippen LogP contribution in [0.4, 0.5) is 0 Å². The Kier molecular flexibility index (Phi) is 10.4. The molecule has 0 radical (unpaired) electrons. The third-order valence-electron chi connectivity index (χ3n) is 14.9. The zero-order valence-electron chi connectivity index (χ0n) is 41.5. The van der Waals surface area contributed by atoms with E-state index in [1.807, 2.05) is 48.5 Å². The van der Waals surface area contributed by atoms with E-state index in [4.69, 9.17) is 24.4 Å². The fraction of sp³-hybridized carbons (Fsp3) is 0. The molecular weight excluding hydrogens is 941 g/mol. The first-order chi connectivity index (χ1) is 38.2. The van der Waals surface area contributed by atoms with Crippen molar-refractivity contribution >= 4 is 54.7 Å². The molecule has 0 N–H and O–H groups in total. The van der Waals surface area contributed by atoms with Gasteiger partial charge in [-0.15, -0.1) is 0 Å². The van der Waals surface area contributed by atoms with E-state index in [-0.39, 0.29) is 0 Å². The van der Waals surface area contributed by atoms with Gasteiger partial charge >= 0.3 is 0 Å². The fourth-order valence-corrected chi connectivity index (χ4v) is 11.1. The molecule has 0 unspecified atom stereocenters. The van der Waals surface area contributed by atoms with Gasteiger partial charge in [-0.2, -0.15) is 0 Å². The Hall–Kier alpha value is -10.5. The quantitative estimate of drug-likeness (QED) is 0.144. The average molecular weight is 985 g/mol. The standard InChI is InChI=1S/C70H44N6O/c1-4-15-45(16-5-1)47-27-31-50(32-28-47)67-72-68(51-33-29-48(30-34-51)46-17-6-2-7-18-46)74-69(73-67)52-37-41-55(42-38-52)76-63-26-13-11-22-58(63)60-44-43-59-57-21-10-12-25-62(57)75(64(59)65(60)76)54-39-35-49(36-40-54)56-23-14-24-61-66(56)77-70(71-61)53-19-8-3-9-20-53/h1-44H. The maximum absolute atomic E-state index is 6.47. The predicted octanol–water partition coefficient (Wildman–Crippen LogP) is 17.9. The van der Waals surface area contributed by atoms with E-state index in [1.54, 1.807) is 0 Å². The van der Waals surface area contributed by atoms with E-state index in [2.05, 4.69) is 228 Å². The average Bonchev–Trinajstić information content (AvgIpc) is 4.38. The van der Waals surface area contributed by atoms with Crippen molar-refractivity contribution in [2.45, 2.75) is 0 Å². The third-order valence-corrected chi connectivity index (χ3v) is 14.9. The smallest absolute Gasteiger partial charge is 0.227 e. The van der Waals surface area contributed by atoms with Gasteiger partial charge in [0.1, 0.15) is 5.52 Å². The number of nitrogens with zero attached hydrogens (tertiary/aromatic N) is 6. The van der Waals surface area contributed by atoms with Crippen LogP contribution < -0.4 is 0 Å². The lowest BCUT2D eigenvalue weighted by molar-refractivity contribution is 0.621. The van der Waals surface area contributed by atoms with Crippen LogP contribution in [-0.2, 0) is 0 Å². The van der Waals surface area contributed by atoms with Crippen LogP contribution >= 0.6 is 0 Å². The number of aromatic nitrogens is 6. The largest absolute Gasteiger partial charge is 0.435 e. The van der Waals surface area contributed by atoms with Crippen LogP contribution in [0.5, 0.6) is 0 Å². The first-order valence-corrected chi connectivity index (χ1v) is 25.9. The molecule has 0 atom stereocenters. The van der Waals surface area contributed by atoms with Gasteiger partial charge in [-0.25, -0.2) is 19.9 Å². The van der Waals surface area contributed by atoms with Gasteiger partial charge in [-0.05, 0) is 94.5 Å². The summed E-state index contributed by atoms with van der Waals surface area (Å²) in [6, 6.07) is 93.6. The third kappa shape index (κ3) is 7.59. The summed E-state index contributed by atoms with van der Waals surface area (Å²) >= 11 is 0. The number of fused-ring (bicyclic) bond motifs is 8. The molecule has 0 aliphatic heterocycles. The van der Waals surface area contributed by atoms with Gasteiger partial charge in [0.05, 0.1) is 22.1 Å². The maximum Gasteiger partial charge on any atom is 0.227 e. The number of hydrogen-bond acceptors (Lipinski definition) is 5. The minimum absolute atomic E-state index is 0.597. The Morgan fingerprint density at radius 3 is 1.10 bits per heavy atom. The molecule has 0 spiro atoms. The van der Waals surface area contributed by atoms with Gasteiger partial charge in [-0.1, -0.05) is 200 Å². The van der Waals surface area contributed by atoms with Gasteiger partial charge in [-0.3, -0.25) is 0 Å². The Morgan fingerprint density at radius 1 is 0.260 bits per heavy atom. The Morgan fingerprint density at radius 2 is 0.636 bits per heavy atom. The molecule has 0 aliphatic carbocycles. The molecule has 0 amide bonds. The number of benzene rings is 11. The summed E-state index contributed by atoms with van der Waals surface area (Å²) in [7, 11) is 0. The van der Waals surface area contributed by atoms with Crippen LogP contribution in [-0.4, -0.2) is 29.1 Å². The van der Waals surface area contributed by atoms with Crippen LogP contribution in [0.25, 0.3) is 145 Å². The van der Waals surface area contributed by atoms with Crippen molar-refractivity contribution in [1.29, 1.82) is 0 Å². The lowest BCUT2D eigenvalue weighted by atomic mass is 10.0. The van der Waals surface area contributed by atoms with Gasteiger partial charge < -0.3 is 13.6 Å². The van der Waals surface area contributed by atoms with Crippen LogP contribution in [0.2, 0.25) is 0 Å². The minimum Gasteiger partial charge on any atom is -0.435 e. The van der Waals surface area contributed by atoms with Crippen LogP contribution in [0.3, 0.4) is 0 Å². The van der Waals surface area contributed by atoms with Crippen molar-refractivity contribution < 1.29 is 4.42 Å². The molecule has 7 heteroatoms. The molecule has 15 rings (SSSR count). The number of rotatable bonds is 9. The fourth-order valence-electron chi connectivity index (χ4n) is 11.1. The summed E-state index contributed by atoms with van der Waals surface area (Å²) in [6.45, 7) is 0. The first kappa shape index (κ1) is 44.0. The van der Waals surface area contributed by atoms with Crippen molar-refractivity contribution in [3.63, 3.8) is 0 Å².